The first-order valence-corrected chi connectivity index (χ1v) is 5.34. The smallest absolute Gasteiger partial charge is 0.0492 e. The highest BCUT2D eigenvalue weighted by molar-refractivity contribution is 5.26. The number of aromatic nitrogens is 2. The minimum absolute atomic E-state index is 0.363. The molecule has 3 nitrogen and oxygen atoms in total. The van der Waals surface area contributed by atoms with Crippen LogP contribution in [0.2, 0.25) is 0 Å². The van der Waals surface area contributed by atoms with E-state index in [0.29, 0.717) is 17.3 Å². The highest BCUT2D eigenvalue weighted by Gasteiger charge is 2.58. The molecule has 1 aromatic rings. The third-order valence-corrected chi connectivity index (χ3v) is 3.67. The van der Waals surface area contributed by atoms with Crippen LogP contribution in [-0.4, -0.2) is 16.3 Å². The van der Waals surface area contributed by atoms with Gasteiger partial charge in [0.25, 0.3) is 0 Å². The molecule has 0 saturated heterocycles. The van der Waals surface area contributed by atoms with Crippen molar-refractivity contribution in [3.05, 3.63) is 18.0 Å². The lowest BCUT2D eigenvalue weighted by Crippen LogP contribution is -2.06. The lowest BCUT2D eigenvalue weighted by molar-refractivity contribution is 0.546. The van der Waals surface area contributed by atoms with Gasteiger partial charge in [-0.05, 0) is 30.9 Å². The van der Waals surface area contributed by atoms with Gasteiger partial charge in [0.2, 0.25) is 0 Å². The molecular weight excluding hydrogens is 174 g/mol. The van der Waals surface area contributed by atoms with Gasteiger partial charge in [0.15, 0.2) is 0 Å². The molecule has 1 fully saturated rings. The summed E-state index contributed by atoms with van der Waals surface area (Å²) >= 11 is 0. The van der Waals surface area contributed by atoms with Crippen molar-refractivity contribution >= 4 is 0 Å². The fourth-order valence-corrected chi connectivity index (χ4v) is 2.64. The van der Waals surface area contributed by atoms with Gasteiger partial charge in [0, 0.05) is 24.4 Å². The molecule has 0 bridgehead atoms. The summed E-state index contributed by atoms with van der Waals surface area (Å²) in [7, 11) is 0. The average molecular weight is 193 g/mol. The molecule has 14 heavy (non-hydrogen) atoms. The molecule has 0 aromatic carbocycles. The van der Waals surface area contributed by atoms with E-state index in [2.05, 4.69) is 36.6 Å². The third-order valence-electron chi connectivity index (χ3n) is 3.67. The van der Waals surface area contributed by atoms with Crippen LogP contribution in [0.25, 0.3) is 0 Å². The maximum atomic E-state index is 5.77. The minimum Gasteiger partial charge on any atom is -0.330 e. The van der Waals surface area contributed by atoms with Crippen LogP contribution in [0.3, 0.4) is 0 Å². The Morgan fingerprint density at radius 2 is 2.29 bits per heavy atom. The van der Waals surface area contributed by atoms with Crippen LogP contribution in [0.15, 0.2) is 12.3 Å². The SMILES string of the molecule is CCn1nccc1[C@@H]1[C@@H](CN)C1(C)C. The van der Waals surface area contributed by atoms with E-state index in [-0.39, 0.29) is 0 Å². The van der Waals surface area contributed by atoms with Gasteiger partial charge in [-0.3, -0.25) is 4.68 Å². The fourth-order valence-electron chi connectivity index (χ4n) is 2.64. The first-order chi connectivity index (χ1) is 6.62. The van der Waals surface area contributed by atoms with Gasteiger partial charge in [0.1, 0.15) is 0 Å². The number of hydrogen-bond donors (Lipinski definition) is 1. The van der Waals surface area contributed by atoms with Crippen molar-refractivity contribution in [2.45, 2.75) is 33.2 Å². The Hall–Kier alpha value is -0.830. The number of hydrogen-bond acceptors (Lipinski definition) is 2. The van der Waals surface area contributed by atoms with E-state index in [1.165, 1.54) is 5.69 Å². The zero-order chi connectivity index (χ0) is 10.3. The maximum Gasteiger partial charge on any atom is 0.0492 e. The van der Waals surface area contributed by atoms with Crippen molar-refractivity contribution in [2.75, 3.05) is 6.54 Å². The molecule has 1 aliphatic rings. The molecule has 0 radical (unpaired) electrons. The number of aryl methyl sites for hydroxylation is 1. The molecule has 2 N–H and O–H groups in total. The summed E-state index contributed by atoms with van der Waals surface area (Å²) in [6, 6.07) is 2.13. The molecule has 1 heterocycles. The predicted molar refractivity (Wildman–Crippen MR) is 57.0 cm³/mol. The van der Waals surface area contributed by atoms with Gasteiger partial charge >= 0.3 is 0 Å². The molecule has 1 saturated carbocycles. The molecular formula is C11H19N3. The van der Waals surface area contributed by atoms with Crippen LogP contribution < -0.4 is 5.73 Å². The van der Waals surface area contributed by atoms with E-state index in [4.69, 9.17) is 5.73 Å². The number of nitrogens with zero attached hydrogens (tertiary/aromatic N) is 2. The summed E-state index contributed by atoms with van der Waals surface area (Å²) in [6.45, 7) is 8.45. The standard InChI is InChI=1S/C11H19N3/c1-4-14-9(5-6-13-14)10-8(7-12)11(10,2)3/h5-6,8,10H,4,7,12H2,1-3H3/t8-,10+/m1/s1. The van der Waals surface area contributed by atoms with E-state index < -0.39 is 0 Å². The van der Waals surface area contributed by atoms with Crippen molar-refractivity contribution < 1.29 is 0 Å². The van der Waals surface area contributed by atoms with Crippen LogP contribution in [0.1, 0.15) is 32.4 Å². The Labute approximate surface area is 85.3 Å². The Morgan fingerprint density at radius 1 is 1.57 bits per heavy atom. The van der Waals surface area contributed by atoms with E-state index in [1.54, 1.807) is 0 Å². The van der Waals surface area contributed by atoms with Gasteiger partial charge in [-0.15, -0.1) is 0 Å². The van der Waals surface area contributed by atoms with Crippen LogP contribution in [0.5, 0.6) is 0 Å². The van der Waals surface area contributed by atoms with E-state index >= 15 is 0 Å². The van der Waals surface area contributed by atoms with Crippen LogP contribution in [-0.2, 0) is 6.54 Å². The van der Waals surface area contributed by atoms with Crippen molar-refractivity contribution in [1.82, 2.24) is 9.78 Å². The van der Waals surface area contributed by atoms with Gasteiger partial charge in [-0.2, -0.15) is 5.10 Å². The molecule has 2 rings (SSSR count). The van der Waals surface area contributed by atoms with Gasteiger partial charge in [0.05, 0.1) is 0 Å². The Balaban J connectivity index is 2.26. The molecule has 0 unspecified atom stereocenters. The first kappa shape index (κ1) is 9.71. The summed E-state index contributed by atoms with van der Waals surface area (Å²) in [4.78, 5) is 0. The first-order valence-electron chi connectivity index (χ1n) is 5.34. The highest BCUT2D eigenvalue weighted by Crippen LogP contribution is 2.63. The molecule has 2 atom stereocenters. The van der Waals surface area contributed by atoms with Crippen molar-refractivity contribution in [1.29, 1.82) is 0 Å². The van der Waals surface area contributed by atoms with Crippen LogP contribution in [0.4, 0.5) is 0 Å². The molecule has 1 aliphatic carbocycles. The normalized spacial score (nSPS) is 29.1. The van der Waals surface area contributed by atoms with E-state index in [1.807, 2.05) is 6.20 Å². The maximum absolute atomic E-state index is 5.77. The molecule has 1 aromatic heterocycles. The lowest BCUT2D eigenvalue weighted by atomic mass is 10.1. The molecule has 3 heteroatoms. The lowest BCUT2D eigenvalue weighted by Gasteiger charge is -2.05. The predicted octanol–water partition coefficient (Wildman–Crippen LogP) is 1.60. The number of rotatable bonds is 3. The second kappa shape index (κ2) is 3.09. The Bertz CT molecular complexity index is 327. The summed E-state index contributed by atoms with van der Waals surface area (Å²) in [5, 5.41) is 4.31. The second-order valence-corrected chi connectivity index (χ2v) is 4.71. The van der Waals surface area contributed by atoms with Crippen LogP contribution >= 0.6 is 0 Å². The van der Waals surface area contributed by atoms with Gasteiger partial charge in [-0.25, -0.2) is 0 Å². The molecule has 0 amide bonds. The quantitative estimate of drug-likeness (QED) is 0.792. The number of nitrogens with two attached hydrogens (primary N) is 1. The van der Waals surface area contributed by atoms with Gasteiger partial charge in [-0.1, -0.05) is 13.8 Å². The van der Waals surface area contributed by atoms with Gasteiger partial charge < -0.3 is 5.73 Å². The van der Waals surface area contributed by atoms with Crippen molar-refractivity contribution in [2.24, 2.45) is 17.1 Å². The Kier molecular flexibility index (Phi) is 2.14. The summed E-state index contributed by atoms with van der Waals surface area (Å²) < 4.78 is 2.09. The fraction of sp³-hybridized carbons (Fsp3) is 0.727. The zero-order valence-corrected chi connectivity index (χ0v) is 9.20. The monoisotopic (exact) mass is 193 g/mol. The van der Waals surface area contributed by atoms with E-state index in [9.17, 15) is 0 Å². The summed E-state index contributed by atoms with van der Waals surface area (Å²) in [5.41, 5.74) is 7.49. The summed E-state index contributed by atoms with van der Waals surface area (Å²) in [5.74, 6) is 1.24. The molecule has 0 spiro atoms. The zero-order valence-electron chi connectivity index (χ0n) is 9.20. The van der Waals surface area contributed by atoms with Crippen molar-refractivity contribution in [3.8, 4) is 0 Å². The Morgan fingerprint density at radius 3 is 2.79 bits per heavy atom. The molecule has 78 valence electrons. The van der Waals surface area contributed by atoms with E-state index in [0.717, 1.165) is 13.1 Å². The van der Waals surface area contributed by atoms with Crippen LogP contribution in [0, 0.1) is 11.3 Å². The molecule has 0 aliphatic heterocycles. The second-order valence-electron chi connectivity index (χ2n) is 4.71. The van der Waals surface area contributed by atoms with Crippen molar-refractivity contribution in [3.63, 3.8) is 0 Å². The topological polar surface area (TPSA) is 43.8 Å². The summed E-state index contributed by atoms with van der Waals surface area (Å²) in [6.07, 6.45) is 1.89. The highest BCUT2D eigenvalue weighted by atomic mass is 15.3. The average Bonchev–Trinajstić information content (AvgIpc) is 2.55. The third kappa shape index (κ3) is 1.19. The largest absolute Gasteiger partial charge is 0.330 e. The minimum atomic E-state index is 0.363.